The van der Waals surface area contributed by atoms with Crippen LogP contribution in [0.4, 0.5) is 0 Å². The van der Waals surface area contributed by atoms with Crippen LogP contribution in [-0.4, -0.2) is 19.2 Å². The van der Waals surface area contributed by atoms with Crippen molar-refractivity contribution in [2.45, 2.75) is 32.6 Å². The molecule has 22 heavy (non-hydrogen) atoms. The van der Waals surface area contributed by atoms with E-state index in [1.807, 2.05) is 31.2 Å². The molecule has 0 radical (unpaired) electrons. The third-order valence-corrected chi connectivity index (χ3v) is 3.92. The van der Waals surface area contributed by atoms with E-state index in [-0.39, 0.29) is 18.1 Å². The lowest BCUT2D eigenvalue weighted by molar-refractivity contribution is -0.138. The maximum atomic E-state index is 11.9. The van der Waals surface area contributed by atoms with E-state index in [1.54, 1.807) is 6.92 Å². The van der Waals surface area contributed by atoms with Crippen molar-refractivity contribution in [3.05, 3.63) is 47.2 Å². The van der Waals surface area contributed by atoms with Crippen LogP contribution in [0.25, 0.3) is 0 Å². The summed E-state index contributed by atoms with van der Waals surface area (Å²) in [4.78, 5) is 11.9. The zero-order chi connectivity index (χ0) is 15.9. The lowest BCUT2D eigenvalue weighted by atomic mass is 9.70. The van der Waals surface area contributed by atoms with Gasteiger partial charge in [-0.1, -0.05) is 30.3 Å². The summed E-state index contributed by atoms with van der Waals surface area (Å²) >= 11 is 0. The van der Waals surface area contributed by atoms with Crippen LogP contribution in [0.2, 0.25) is 0 Å². The Morgan fingerprint density at radius 2 is 1.82 bits per heavy atom. The number of carbonyl (C=O) groups excluding carboxylic acids is 1. The lowest BCUT2D eigenvalue weighted by Crippen LogP contribution is -2.27. The van der Waals surface area contributed by atoms with E-state index in [1.165, 1.54) is 5.56 Å². The Labute approximate surface area is 131 Å². The van der Waals surface area contributed by atoms with E-state index < -0.39 is 5.97 Å². The van der Waals surface area contributed by atoms with Crippen LogP contribution in [0.5, 0.6) is 0 Å². The molecule has 0 spiro atoms. The molecule has 1 aliphatic rings. The summed E-state index contributed by atoms with van der Waals surface area (Å²) in [5.41, 5.74) is 1.31. The number of benzene rings is 1. The zero-order valence-corrected chi connectivity index (χ0v) is 13.0. The number of carbonyl (C=O) groups is 1. The van der Waals surface area contributed by atoms with Crippen molar-refractivity contribution < 1.29 is 14.3 Å². The number of rotatable bonds is 6. The fourth-order valence-electron chi connectivity index (χ4n) is 2.78. The van der Waals surface area contributed by atoms with Crippen molar-refractivity contribution in [2.75, 3.05) is 13.2 Å². The van der Waals surface area contributed by atoms with Gasteiger partial charge in [-0.05, 0) is 38.2 Å². The number of hydrogen-bond donors (Lipinski definition) is 0. The molecule has 0 heterocycles. The second-order valence-corrected chi connectivity index (χ2v) is 5.28. The highest BCUT2D eigenvalue weighted by Crippen LogP contribution is 2.46. The Morgan fingerprint density at radius 3 is 2.36 bits per heavy atom. The minimum absolute atomic E-state index is 0.0141. The molecule has 0 amide bonds. The summed E-state index contributed by atoms with van der Waals surface area (Å²) < 4.78 is 10.6. The first-order valence-corrected chi connectivity index (χ1v) is 7.70. The fourth-order valence-corrected chi connectivity index (χ4v) is 2.78. The molecular formula is C18H21NO3. The van der Waals surface area contributed by atoms with E-state index in [4.69, 9.17) is 9.47 Å². The first-order chi connectivity index (χ1) is 10.7. The van der Waals surface area contributed by atoms with Gasteiger partial charge in [0.25, 0.3) is 0 Å². The van der Waals surface area contributed by atoms with Crippen molar-refractivity contribution in [3.8, 4) is 6.07 Å². The van der Waals surface area contributed by atoms with Gasteiger partial charge in [0.05, 0.1) is 13.2 Å². The number of nitriles is 1. The van der Waals surface area contributed by atoms with Gasteiger partial charge in [0.2, 0.25) is 0 Å². The molecule has 0 bridgehead atoms. The van der Waals surface area contributed by atoms with Gasteiger partial charge in [-0.25, -0.2) is 4.79 Å². The molecule has 1 aromatic rings. The van der Waals surface area contributed by atoms with Crippen molar-refractivity contribution in [3.63, 3.8) is 0 Å². The summed E-state index contributed by atoms with van der Waals surface area (Å²) in [6, 6.07) is 12.2. The maximum Gasteiger partial charge on any atom is 0.352 e. The van der Waals surface area contributed by atoms with Crippen LogP contribution in [0.1, 0.15) is 38.2 Å². The van der Waals surface area contributed by atoms with Gasteiger partial charge in [0.1, 0.15) is 11.8 Å². The van der Waals surface area contributed by atoms with Crippen LogP contribution >= 0.6 is 0 Å². The Balaban J connectivity index is 2.13. The highest BCUT2D eigenvalue weighted by atomic mass is 16.5. The Hall–Kier alpha value is -2.28. The molecule has 0 saturated heterocycles. The summed E-state index contributed by atoms with van der Waals surface area (Å²) in [6.45, 7) is 4.27. The molecule has 1 saturated carbocycles. The highest BCUT2D eigenvalue weighted by Gasteiger charge is 2.37. The van der Waals surface area contributed by atoms with Crippen molar-refractivity contribution >= 4 is 5.97 Å². The van der Waals surface area contributed by atoms with Gasteiger partial charge in [-0.15, -0.1) is 0 Å². The average molecular weight is 299 g/mol. The Morgan fingerprint density at radius 1 is 1.18 bits per heavy atom. The predicted octanol–water partition coefficient (Wildman–Crippen LogP) is 3.56. The molecule has 0 N–H and O–H groups in total. The SMILES string of the molecule is CCOC(=O)/C(C#N)=C(/OCC)C1CC(c2ccccc2)C1. The fraction of sp³-hybridized carbons (Fsp3) is 0.444. The summed E-state index contributed by atoms with van der Waals surface area (Å²) in [5, 5.41) is 9.28. The first-order valence-electron chi connectivity index (χ1n) is 7.70. The van der Waals surface area contributed by atoms with Crippen molar-refractivity contribution in [1.82, 2.24) is 0 Å². The zero-order valence-electron chi connectivity index (χ0n) is 13.0. The van der Waals surface area contributed by atoms with E-state index in [9.17, 15) is 10.1 Å². The summed E-state index contributed by atoms with van der Waals surface area (Å²) in [7, 11) is 0. The molecular weight excluding hydrogens is 278 g/mol. The molecule has 0 atom stereocenters. The molecule has 4 nitrogen and oxygen atoms in total. The van der Waals surface area contributed by atoms with Gasteiger partial charge in [0.15, 0.2) is 5.57 Å². The molecule has 0 aliphatic heterocycles. The highest BCUT2D eigenvalue weighted by molar-refractivity contribution is 5.93. The first kappa shape index (κ1) is 16.1. The second kappa shape index (κ2) is 7.65. The minimum Gasteiger partial charge on any atom is -0.496 e. The largest absolute Gasteiger partial charge is 0.496 e. The van der Waals surface area contributed by atoms with Crippen LogP contribution in [0, 0.1) is 17.2 Å². The third kappa shape index (κ3) is 3.48. The van der Waals surface area contributed by atoms with Gasteiger partial charge in [0, 0.05) is 5.92 Å². The van der Waals surface area contributed by atoms with Crippen LogP contribution in [-0.2, 0) is 14.3 Å². The molecule has 1 aliphatic carbocycles. The molecule has 116 valence electrons. The van der Waals surface area contributed by atoms with Gasteiger partial charge >= 0.3 is 5.97 Å². The molecule has 2 rings (SSSR count). The number of ether oxygens (including phenoxy) is 2. The average Bonchev–Trinajstić information content (AvgIpc) is 2.48. The van der Waals surface area contributed by atoms with Gasteiger partial charge in [-0.3, -0.25) is 0 Å². The van der Waals surface area contributed by atoms with Crippen molar-refractivity contribution in [1.29, 1.82) is 5.26 Å². The van der Waals surface area contributed by atoms with Crippen molar-refractivity contribution in [2.24, 2.45) is 5.92 Å². The van der Waals surface area contributed by atoms with Gasteiger partial charge < -0.3 is 9.47 Å². The molecule has 4 heteroatoms. The topological polar surface area (TPSA) is 59.3 Å². The van der Waals surface area contributed by atoms with E-state index >= 15 is 0 Å². The monoisotopic (exact) mass is 299 g/mol. The van der Waals surface area contributed by atoms with Gasteiger partial charge in [-0.2, -0.15) is 5.26 Å². The molecule has 1 fully saturated rings. The quantitative estimate of drug-likeness (QED) is 0.349. The lowest BCUT2D eigenvalue weighted by Gasteiger charge is -2.37. The maximum absolute atomic E-state index is 11.9. The van der Waals surface area contributed by atoms with E-state index in [0.29, 0.717) is 18.3 Å². The van der Waals surface area contributed by atoms with E-state index in [0.717, 1.165) is 12.8 Å². The smallest absolute Gasteiger partial charge is 0.352 e. The third-order valence-electron chi connectivity index (χ3n) is 3.92. The second-order valence-electron chi connectivity index (χ2n) is 5.28. The van der Waals surface area contributed by atoms with E-state index in [2.05, 4.69) is 12.1 Å². The van der Waals surface area contributed by atoms with Crippen LogP contribution < -0.4 is 0 Å². The predicted molar refractivity (Wildman–Crippen MR) is 82.8 cm³/mol. The standard InChI is InChI=1S/C18H21NO3/c1-3-21-17(16(12-19)18(20)22-4-2)15-10-14(11-15)13-8-6-5-7-9-13/h5-9,14-15H,3-4,10-11H2,1-2H3/b17-16+. The number of esters is 1. The number of hydrogen-bond acceptors (Lipinski definition) is 4. The van der Waals surface area contributed by atoms with Crippen LogP contribution in [0.3, 0.4) is 0 Å². The number of allylic oxidation sites excluding steroid dienone is 1. The molecule has 0 aromatic heterocycles. The minimum atomic E-state index is -0.586. The van der Waals surface area contributed by atoms with Crippen LogP contribution in [0.15, 0.2) is 41.7 Å². The summed E-state index contributed by atoms with van der Waals surface area (Å²) in [5.74, 6) is 0.486. The Bertz CT molecular complexity index is 580. The Kier molecular flexibility index (Phi) is 5.60. The molecule has 1 aromatic carbocycles. The normalized spacial score (nSPS) is 21.1. The number of nitrogens with zero attached hydrogens (tertiary/aromatic N) is 1. The molecule has 0 unspecified atom stereocenters. The summed E-state index contributed by atoms with van der Waals surface area (Å²) in [6.07, 6.45) is 1.79.